The lowest BCUT2D eigenvalue weighted by Gasteiger charge is -2.37. The van der Waals surface area contributed by atoms with Crippen LogP contribution in [0.4, 0.5) is 0 Å². The summed E-state index contributed by atoms with van der Waals surface area (Å²) in [4.78, 5) is 11.6. The first-order valence-electron chi connectivity index (χ1n) is 6.99. The summed E-state index contributed by atoms with van der Waals surface area (Å²) in [6.45, 7) is 8.86. The van der Waals surface area contributed by atoms with Crippen LogP contribution in [-0.4, -0.2) is 36.9 Å². The van der Waals surface area contributed by atoms with E-state index in [0.717, 1.165) is 11.0 Å². The molecule has 0 saturated heterocycles. The lowest BCUT2D eigenvalue weighted by atomic mass is 9.81. The van der Waals surface area contributed by atoms with Gasteiger partial charge in [-0.15, -0.1) is 0 Å². The third-order valence-corrected chi connectivity index (χ3v) is 3.93. The van der Waals surface area contributed by atoms with Crippen LogP contribution in [0.5, 0.6) is 0 Å². The van der Waals surface area contributed by atoms with Gasteiger partial charge >= 0.3 is 13.5 Å². The van der Waals surface area contributed by atoms with Crippen LogP contribution in [0.1, 0.15) is 46.1 Å². The summed E-state index contributed by atoms with van der Waals surface area (Å²) in [6, 6.07) is 7.50. The average molecular weight is 291 g/mol. The molecule has 4 nitrogen and oxygen atoms in total. The van der Waals surface area contributed by atoms with E-state index in [1.807, 2.05) is 38.1 Å². The molecule has 1 aromatic carbocycles. The van der Waals surface area contributed by atoms with Crippen LogP contribution >= 0.6 is 0 Å². The van der Waals surface area contributed by atoms with Crippen molar-refractivity contribution >= 4 is 18.9 Å². The molecule has 0 aliphatic heterocycles. The number of hydrogen-bond donors (Lipinski definition) is 1. The van der Waals surface area contributed by atoms with Gasteiger partial charge in [-0.05, 0) is 40.2 Å². The Labute approximate surface area is 127 Å². The summed E-state index contributed by atoms with van der Waals surface area (Å²) >= 11 is 0. The van der Waals surface area contributed by atoms with Gasteiger partial charge in [0.2, 0.25) is 0 Å². The van der Waals surface area contributed by atoms with E-state index in [4.69, 9.17) is 9.39 Å². The van der Waals surface area contributed by atoms with Gasteiger partial charge in [-0.1, -0.05) is 29.7 Å². The molecular formula is C16H24BO4. The van der Waals surface area contributed by atoms with Gasteiger partial charge in [0.05, 0.1) is 24.2 Å². The van der Waals surface area contributed by atoms with Gasteiger partial charge in [0, 0.05) is 0 Å². The van der Waals surface area contributed by atoms with Crippen molar-refractivity contribution in [2.45, 2.75) is 51.7 Å². The van der Waals surface area contributed by atoms with Crippen LogP contribution in [0.15, 0.2) is 24.3 Å². The Bertz CT molecular complexity index is 491. The van der Waals surface area contributed by atoms with E-state index in [-0.39, 0.29) is 11.9 Å². The van der Waals surface area contributed by atoms with Crippen LogP contribution in [0.3, 0.4) is 0 Å². The van der Waals surface area contributed by atoms with E-state index in [9.17, 15) is 9.90 Å². The second-order valence-corrected chi connectivity index (χ2v) is 6.22. The molecule has 1 aromatic rings. The summed E-state index contributed by atoms with van der Waals surface area (Å²) in [5.41, 5.74) is -0.00181. The molecule has 1 atom stereocenters. The average Bonchev–Trinajstić information content (AvgIpc) is 2.42. The van der Waals surface area contributed by atoms with Crippen LogP contribution in [0, 0.1) is 0 Å². The van der Waals surface area contributed by atoms with Crippen LogP contribution in [-0.2, 0) is 14.2 Å². The zero-order valence-corrected chi connectivity index (χ0v) is 13.6. The van der Waals surface area contributed by atoms with Gasteiger partial charge in [-0.25, -0.2) is 0 Å². The Morgan fingerprint density at radius 3 is 2.43 bits per heavy atom. The van der Waals surface area contributed by atoms with Crippen molar-refractivity contribution in [1.29, 1.82) is 0 Å². The Morgan fingerprint density at radius 1 is 1.29 bits per heavy atom. The third-order valence-electron chi connectivity index (χ3n) is 3.93. The monoisotopic (exact) mass is 291 g/mol. The predicted octanol–water partition coefficient (Wildman–Crippen LogP) is 1.77. The molecule has 1 N–H and O–H groups in total. The van der Waals surface area contributed by atoms with E-state index < -0.39 is 11.2 Å². The van der Waals surface area contributed by atoms with Crippen molar-refractivity contribution in [3.63, 3.8) is 0 Å². The topological polar surface area (TPSA) is 55.8 Å². The van der Waals surface area contributed by atoms with Crippen molar-refractivity contribution in [1.82, 2.24) is 0 Å². The molecule has 0 spiro atoms. The van der Waals surface area contributed by atoms with Gasteiger partial charge in [-0.2, -0.15) is 0 Å². The van der Waals surface area contributed by atoms with E-state index in [0.29, 0.717) is 0 Å². The maximum Gasteiger partial charge on any atom is 0.330 e. The van der Waals surface area contributed by atoms with Gasteiger partial charge in [-0.3, -0.25) is 4.79 Å². The summed E-state index contributed by atoms with van der Waals surface area (Å²) in [5, 5.41) is 10.1. The van der Waals surface area contributed by atoms with Crippen molar-refractivity contribution < 1.29 is 19.3 Å². The van der Waals surface area contributed by atoms with Crippen molar-refractivity contribution in [2.75, 3.05) is 7.11 Å². The highest BCUT2D eigenvalue weighted by Crippen LogP contribution is 2.24. The number of ether oxygens (including phenoxy) is 1. The van der Waals surface area contributed by atoms with Gasteiger partial charge in [0.15, 0.2) is 0 Å². The van der Waals surface area contributed by atoms with Crippen LogP contribution in [0.25, 0.3) is 0 Å². The highest BCUT2D eigenvalue weighted by molar-refractivity contribution is 6.47. The highest BCUT2D eigenvalue weighted by atomic mass is 16.5. The molecule has 21 heavy (non-hydrogen) atoms. The minimum Gasteiger partial charge on any atom is -0.469 e. The summed E-state index contributed by atoms with van der Waals surface area (Å²) < 4.78 is 10.5. The Hall–Kier alpha value is -1.33. The quantitative estimate of drug-likeness (QED) is 0.641. The fraction of sp³-hybridized carbons (Fsp3) is 0.562. The lowest BCUT2D eigenvalue weighted by Crippen LogP contribution is -2.49. The molecule has 1 radical (unpaired) electrons. The number of benzene rings is 1. The maximum absolute atomic E-state index is 11.6. The summed E-state index contributed by atoms with van der Waals surface area (Å²) in [5.74, 6) is -0.601. The van der Waals surface area contributed by atoms with Gasteiger partial charge in [0.25, 0.3) is 0 Å². The SMILES string of the molecule is COC(=O)C(C)c1cccc([B]OC(C)(C)C(C)(C)O)c1. The minimum absolute atomic E-state index is 0.273. The molecule has 0 heterocycles. The molecule has 0 aromatic heterocycles. The lowest BCUT2D eigenvalue weighted by molar-refractivity contribution is -0.141. The fourth-order valence-electron chi connectivity index (χ4n) is 1.57. The normalized spacial score (nSPS) is 13.7. The summed E-state index contributed by atoms with van der Waals surface area (Å²) in [7, 11) is 2.98. The summed E-state index contributed by atoms with van der Waals surface area (Å²) in [6.07, 6.45) is 0. The second-order valence-electron chi connectivity index (χ2n) is 6.22. The molecule has 0 fully saturated rings. The van der Waals surface area contributed by atoms with Gasteiger partial charge < -0.3 is 14.5 Å². The fourth-order valence-corrected chi connectivity index (χ4v) is 1.57. The standard InChI is InChI=1S/C16H24BO4/c1-11(14(18)20-6)12-8-7-9-13(10-12)17-21-16(4,5)15(2,3)19/h7-11,19H,1-6H3. The van der Waals surface area contributed by atoms with E-state index >= 15 is 0 Å². The Morgan fingerprint density at radius 2 is 1.90 bits per heavy atom. The number of esters is 1. The first-order valence-corrected chi connectivity index (χ1v) is 6.99. The number of rotatable bonds is 6. The molecule has 115 valence electrons. The number of carbonyl (C=O) groups excluding carboxylic acids is 1. The molecule has 1 unspecified atom stereocenters. The predicted molar refractivity (Wildman–Crippen MR) is 83.7 cm³/mol. The molecule has 1 rings (SSSR count). The minimum atomic E-state index is -0.972. The second kappa shape index (κ2) is 6.63. The maximum atomic E-state index is 11.6. The molecule has 0 saturated carbocycles. The van der Waals surface area contributed by atoms with E-state index in [1.165, 1.54) is 7.11 Å². The first kappa shape index (κ1) is 17.7. The molecule has 0 aliphatic carbocycles. The molecule has 0 bridgehead atoms. The Balaban J connectivity index is 2.81. The van der Waals surface area contributed by atoms with Crippen molar-refractivity contribution in [2.24, 2.45) is 0 Å². The van der Waals surface area contributed by atoms with Crippen LogP contribution in [0.2, 0.25) is 0 Å². The van der Waals surface area contributed by atoms with Crippen LogP contribution < -0.4 is 5.46 Å². The largest absolute Gasteiger partial charge is 0.469 e. The number of aliphatic hydroxyl groups is 1. The van der Waals surface area contributed by atoms with Crippen molar-refractivity contribution in [3.05, 3.63) is 29.8 Å². The number of hydrogen-bond acceptors (Lipinski definition) is 4. The highest BCUT2D eigenvalue weighted by Gasteiger charge is 2.35. The molecule has 0 aliphatic rings. The van der Waals surface area contributed by atoms with Crippen molar-refractivity contribution in [3.8, 4) is 0 Å². The van der Waals surface area contributed by atoms with Gasteiger partial charge in [0.1, 0.15) is 0 Å². The molecular weight excluding hydrogens is 267 g/mol. The third kappa shape index (κ3) is 4.58. The molecule has 0 amide bonds. The molecule has 5 heteroatoms. The number of methoxy groups -OCH3 is 1. The van der Waals surface area contributed by atoms with E-state index in [2.05, 4.69) is 0 Å². The first-order chi connectivity index (χ1) is 9.58. The number of carbonyl (C=O) groups is 1. The zero-order chi connectivity index (χ0) is 16.3. The smallest absolute Gasteiger partial charge is 0.330 e. The van der Waals surface area contributed by atoms with E-state index in [1.54, 1.807) is 28.3 Å². The zero-order valence-electron chi connectivity index (χ0n) is 13.6. The Kier molecular flexibility index (Phi) is 5.59.